The van der Waals surface area contributed by atoms with Crippen LogP contribution in [0.25, 0.3) is 11.4 Å². The van der Waals surface area contributed by atoms with Gasteiger partial charge in [-0.1, -0.05) is 6.07 Å². The molecule has 0 radical (unpaired) electrons. The Bertz CT molecular complexity index is 1300. The Labute approximate surface area is 183 Å². The van der Waals surface area contributed by atoms with E-state index in [1.54, 1.807) is 17.6 Å². The van der Waals surface area contributed by atoms with Crippen molar-refractivity contribution in [2.75, 3.05) is 16.8 Å². The topological polar surface area (TPSA) is 135 Å². The molecule has 31 heavy (non-hydrogen) atoms. The molecule has 0 aliphatic carbocycles. The smallest absolute Gasteiger partial charge is 0.257 e. The van der Waals surface area contributed by atoms with Crippen LogP contribution in [0.4, 0.5) is 5.13 Å². The lowest BCUT2D eigenvalue weighted by Crippen LogP contribution is -2.35. The van der Waals surface area contributed by atoms with Gasteiger partial charge in [-0.15, -0.1) is 11.3 Å². The van der Waals surface area contributed by atoms with Gasteiger partial charge in [0.2, 0.25) is 10.0 Å². The van der Waals surface area contributed by atoms with Crippen LogP contribution in [0.15, 0.2) is 58.9 Å². The zero-order chi connectivity index (χ0) is 22.1. The zero-order valence-electron chi connectivity index (χ0n) is 16.1. The number of rotatable bonds is 6. The van der Waals surface area contributed by atoms with Crippen LogP contribution in [-0.2, 0) is 19.9 Å². The van der Waals surface area contributed by atoms with Crippen molar-refractivity contribution in [2.24, 2.45) is 0 Å². The average molecular weight is 479 g/mol. The summed E-state index contributed by atoms with van der Waals surface area (Å²) in [7, 11) is -7.09. The summed E-state index contributed by atoms with van der Waals surface area (Å²) in [5.74, 6) is -0.667. The van der Waals surface area contributed by atoms with Gasteiger partial charge in [0.1, 0.15) is 5.69 Å². The first-order valence-electron chi connectivity index (χ1n) is 9.23. The summed E-state index contributed by atoms with van der Waals surface area (Å²) in [5, 5.41) is 4.86. The SMILES string of the molecule is O=C(Nc1nc(-c2ccccn2)cs1)c1ccc(S(=O)(=O)NC2CCS(=O)(=O)C2)cc1. The molecular formula is C19H18N4O5S3. The summed E-state index contributed by atoms with van der Waals surface area (Å²) in [6, 6.07) is 10.2. The number of carbonyl (C=O) groups is 1. The van der Waals surface area contributed by atoms with Crippen molar-refractivity contribution in [2.45, 2.75) is 17.4 Å². The molecule has 4 rings (SSSR count). The van der Waals surface area contributed by atoms with Gasteiger partial charge in [0.25, 0.3) is 5.91 Å². The highest BCUT2D eigenvalue weighted by molar-refractivity contribution is 7.92. The summed E-state index contributed by atoms with van der Waals surface area (Å²) in [6.07, 6.45) is 1.90. The Morgan fingerprint density at radius 2 is 1.87 bits per heavy atom. The van der Waals surface area contributed by atoms with E-state index in [0.717, 1.165) is 0 Å². The minimum atomic E-state index is -3.89. The Hall–Kier alpha value is -2.67. The number of amides is 1. The minimum absolute atomic E-state index is 0.0297. The number of anilines is 1. The number of sulfonamides is 1. The Morgan fingerprint density at radius 1 is 1.10 bits per heavy atom. The first-order valence-corrected chi connectivity index (χ1v) is 13.4. The molecule has 0 bridgehead atoms. The van der Waals surface area contributed by atoms with Crippen LogP contribution < -0.4 is 10.0 Å². The van der Waals surface area contributed by atoms with E-state index in [9.17, 15) is 21.6 Å². The van der Waals surface area contributed by atoms with Gasteiger partial charge in [0, 0.05) is 23.2 Å². The van der Waals surface area contributed by atoms with Crippen LogP contribution in [0, 0.1) is 0 Å². The van der Waals surface area contributed by atoms with E-state index in [4.69, 9.17) is 0 Å². The third kappa shape index (κ3) is 5.15. The predicted octanol–water partition coefficient (Wildman–Crippen LogP) is 1.92. The second-order valence-corrected chi connectivity index (χ2v) is 11.8. The molecule has 1 fully saturated rings. The summed E-state index contributed by atoms with van der Waals surface area (Å²) in [6.45, 7) is 0. The van der Waals surface area contributed by atoms with Crippen LogP contribution >= 0.6 is 11.3 Å². The van der Waals surface area contributed by atoms with Crippen LogP contribution in [0.2, 0.25) is 0 Å². The fourth-order valence-electron chi connectivity index (χ4n) is 3.09. The summed E-state index contributed by atoms with van der Waals surface area (Å²) in [5.41, 5.74) is 1.59. The van der Waals surface area contributed by atoms with Gasteiger partial charge in [-0.2, -0.15) is 0 Å². The maximum absolute atomic E-state index is 12.5. The second kappa shape index (κ2) is 8.46. The third-order valence-corrected chi connectivity index (χ3v) is 8.70. The molecule has 1 aromatic carbocycles. The van der Waals surface area contributed by atoms with Crippen molar-refractivity contribution < 1.29 is 21.6 Å². The number of benzene rings is 1. The highest BCUT2D eigenvalue weighted by Gasteiger charge is 2.31. The fraction of sp³-hybridized carbons (Fsp3) is 0.211. The second-order valence-electron chi connectivity index (χ2n) is 6.95. The van der Waals surface area contributed by atoms with E-state index in [0.29, 0.717) is 16.5 Å². The van der Waals surface area contributed by atoms with Crippen molar-refractivity contribution in [3.8, 4) is 11.4 Å². The van der Waals surface area contributed by atoms with Crippen LogP contribution in [-0.4, -0.2) is 50.3 Å². The van der Waals surface area contributed by atoms with E-state index in [2.05, 4.69) is 20.0 Å². The zero-order valence-corrected chi connectivity index (χ0v) is 18.5. The maximum atomic E-state index is 12.5. The summed E-state index contributed by atoms with van der Waals surface area (Å²) < 4.78 is 50.4. The molecule has 1 atom stereocenters. The van der Waals surface area contributed by atoms with Gasteiger partial charge in [-0.05, 0) is 42.8 Å². The molecule has 3 heterocycles. The minimum Gasteiger partial charge on any atom is -0.298 e. The summed E-state index contributed by atoms with van der Waals surface area (Å²) >= 11 is 1.25. The molecule has 2 N–H and O–H groups in total. The van der Waals surface area contributed by atoms with E-state index < -0.39 is 31.8 Å². The van der Waals surface area contributed by atoms with Crippen molar-refractivity contribution in [3.63, 3.8) is 0 Å². The molecule has 1 amide bonds. The lowest BCUT2D eigenvalue weighted by Gasteiger charge is -2.12. The molecule has 1 aliphatic heterocycles. The average Bonchev–Trinajstić information content (AvgIpc) is 3.34. The first kappa shape index (κ1) is 21.6. The largest absolute Gasteiger partial charge is 0.298 e. The molecule has 1 saturated heterocycles. The number of hydrogen-bond donors (Lipinski definition) is 2. The molecule has 3 aromatic rings. The predicted molar refractivity (Wildman–Crippen MR) is 117 cm³/mol. The van der Waals surface area contributed by atoms with Gasteiger partial charge < -0.3 is 0 Å². The number of aromatic nitrogens is 2. The van der Waals surface area contributed by atoms with Crippen molar-refractivity contribution in [3.05, 3.63) is 59.6 Å². The van der Waals surface area contributed by atoms with Crippen LogP contribution in [0.3, 0.4) is 0 Å². The molecule has 1 unspecified atom stereocenters. The molecule has 12 heteroatoms. The molecular weight excluding hydrogens is 460 g/mol. The lowest BCUT2D eigenvalue weighted by atomic mass is 10.2. The van der Waals surface area contributed by atoms with Gasteiger partial charge in [-0.25, -0.2) is 26.5 Å². The molecule has 0 spiro atoms. The van der Waals surface area contributed by atoms with E-state index in [1.807, 2.05) is 12.1 Å². The van der Waals surface area contributed by atoms with Crippen LogP contribution in [0.5, 0.6) is 0 Å². The third-order valence-electron chi connectivity index (χ3n) is 4.63. The summed E-state index contributed by atoms with van der Waals surface area (Å²) in [4.78, 5) is 21.0. The highest BCUT2D eigenvalue weighted by atomic mass is 32.2. The van der Waals surface area contributed by atoms with Crippen LogP contribution in [0.1, 0.15) is 16.8 Å². The van der Waals surface area contributed by atoms with Gasteiger partial charge in [0.15, 0.2) is 15.0 Å². The molecule has 0 saturated carbocycles. The first-order chi connectivity index (χ1) is 14.7. The van der Waals surface area contributed by atoms with E-state index >= 15 is 0 Å². The number of hydrogen-bond acceptors (Lipinski definition) is 8. The fourth-order valence-corrected chi connectivity index (χ4v) is 6.84. The number of thiazole rings is 1. The number of nitrogens with one attached hydrogen (secondary N) is 2. The van der Waals surface area contributed by atoms with Gasteiger partial charge in [0.05, 0.1) is 22.1 Å². The van der Waals surface area contributed by atoms with E-state index in [-0.39, 0.29) is 28.4 Å². The maximum Gasteiger partial charge on any atom is 0.257 e. The van der Waals surface area contributed by atoms with Crippen molar-refractivity contribution in [1.82, 2.24) is 14.7 Å². The molecule has 162 valence electrons. The van der Waals surface area contributed by atoms with Crippen molar-refractivity contribution in [1.29, 1.82) is 0 Å². The number of pyridine rings is 1. The Balaban J connectivity index is 1.42. The molecule has 1 aliphatic rings. The standard InChI is InChI=1S/C19H18N4O5S3/c24-18(22-19-21-17(11-29-19)16-3-1-2-9-20-16)13-4-6-15(7-5-13)31(27,28)23-14-8-10-30(25,26)12-14/h1-7,9,11,14,23H,8,10,12H2,(H,21,22,24). The number of carbonyl (C=O) groups excluding carboxylic acids is 1. The Kier molecular flexibility index (Phi) is 5.88. The highest BCUT2D eigenvalue weighted by Crippen LogP contribution is 2.24. The normalized spacial score (nSPS) is 18.0. The van der Waals surface area contributed by atoms with Crippen molar-refractivity contribution >= 4 is 42.2 Å². The number of nitrogens with zero attached hydrogens (tertiary/aromatic N) is 2. The van der Waals surface area contributed by atoms with Gasteiger partial charge in [-0.3, -0.25) is 15.1 Å². The molecule has 2 aromatic heterocycles. The quantitative estimate of drug-likeness (QED) is 0.552. The molecule has 9 nitrogen and oxygen atoms in total. The van der Waals surface area contributed by atoms with Gasteiger partial charge >= 0.3 is 0 Å². The lowest BCUT2D eigenvalue weighted by molar-refractivity contribution is 0.102. The monoisotopic (exact) mass is 478 g/mol. The Morgan fingerprint density at radius 3 is 2.52 bits per heavy atom. The van der Waals surface area contributed by atoms with E-state index in [1.165, 1.54) is 35.6 Å². The number of sulfone groups is 1.